The van der Waals surface area contributed by atoms with Gasteiger partial charge in [0.2, 0.25) is 5.91 Å². The van der Waals surface area contributed by atoms with Gasteiger partial charge in [0.15, 0.2) is 0 Å². The number of carbonyl (C=O) groups is 1. The maximum Gasteiger partial charge on any atom is 0.223 e. The van der Waals surface area contributed by atoms with E-state index in [4.69, 9.17) is 0 Å². The first kappa shape index (κ1) is 13.8. The van der Waals surface area contributed by atoms with Crippen molar-refractivity contribution in [3.63, 3.8) is 0 Å². The van der Waals surface area contributed by atoms with Crippen molar-refractivity contribution in [2.75, 3.05) is 26.2 Å². The van der Waals surface area contributed by atoms with Gasteiger partial charge in [-0.2, -0.15) is 0 Å². The van der Waals surface area contributed by atoms with Crippen molar-refractivity contribution in [2.45, 2.75) is 63.8 Å². The van der Waals surface area contributed by atoms with Gasteiger partial charge in [0.25, 0.3) is 0 Å². The third-order valence-corrected chi connectivity index (χ3v) is 7.63. The van der Waals surface area contributed by atoms with Crippen molar-refractivity contribution in [2.24, 2.45) is 23.2 Å². The van der Waals surface area contributed by atoms with Crippen LogP contribution >= 0.6 is 0 Å². The molecule has 2 saturated heterocycles. The number of piperazine rings is 1. The molecule has 0 N–H and O–H groups in total. The van der Waals surface area contributed by atoms with Crippen LogP contribution in [0.2, 0.25) is 0 Å². The van der Waals surface area contributed by atoms with Crippen LogP contribution in [0.4, 0.5) is 0 Å². The second kappa shape index (κ2) is 4.96. The van der Waals surface area contributed by atoms with E-state index in [0.29, 0.717) is 17.4 Å². The molecule has 0 unspecified atom stereocenters. The highest BCUT2D eigenvalue weighted by Gasteiger charge is 2.52. The van der Waals surface area contributed by atoms with Crippen molar-refractivity contribution in [1.29, 1.82) is 0 Å². The van der Waals surface area contributed by atoms with Gasteiger partial charge in [-0.25, -0.2) is 0 Å². The van der Waals surface area contributed by atoms with Gasteiger partial charge in [-0.15, -0.1) is 0 Å². The quantitative estimate of drug-likeness (QED) is 0.783. The standard InChI is InChI=1S/C19H30N2O/c22-18(21-5-4-20-3-1-2-17(20)13-21)12-19-9-14-6-15(10-19)8-16(7-14)11-19/h14-17H,1-13H2/t14?,15?,16?,17-,19?/m0/s1. The van der Waals surface area contributed by atoms with Gasteiger partial charge in [0.05, 0.1) is 0 Å². The van der Waals surface area contributed by atoms with Gasteiger partial charge in [0.1, 0.15) is 0 Å². The molecule has 6 fully saturated rings. The van der Waals surface area contributed by atoms with Crippen molar-refractivity contribution >= 4 is 5.91 Å². The topological polar surface area (TPSA) is 23.6 Å². The van der Waals surface area contributed by atoms with E-state index in [9.17, 15) is 4.79 Å². The Bertz CT molecular complexity index is 439. The lowest BCUT2D eigenvalue weighted by Gasteiger charge is -2.57. The molecule has 22 heavy (non-hydrogen) atoms. The lowest BCUT2D eigenvalue weighted by atomic mass is 9.49. The van der Waals surface area contributed by atoms with E-state index in [1.165, 1.54) is 57.9 Å². The molecular formula is C19H30N2O. The zero-order valence-electron chi connectivity index (χ0n) is 13.8. The number of nitrogens with zero attached hydrogens (tertiary/aromatic N) is 2. The summed E-state index contributed by atoms with van der Waals surface area (Å²) < 4.78 is 0. The molecule has 1 atom stereocenters. The normalized spacial score (nSPS) is 47.0. The minimum Gasteiger partial charge on any atom is -0.340 e. The minimum atomic E-state index is 0.415. The number of amides is 1. The summed E-state index contributed by atoms with van der Waals surface area (Å²) >= 11 is 0. The summed E-state index contributed by atoms with van der Waals surface area (Å²) in [6.45, 7) is 4.39. The van der Waals surface area contributed by atoms with Crippen molar-refractivity contribution in [3.8, 4) is 0 Å². The zero-order valence-corrected chi connectivity index (χ0v) is 13.8. The van der Waals surface area contributed by atoms with E-state index < -0.39 is 0 Å². The second-order valence-corrected chi connectivity index (χ2v) is 9.27. The molecule has 4 aliphatic carbocycles. The molecule has 0 aromatic rings. The van der Waals surface area contributed by atoms with Gasteiger partial charge < -0.3 is 4.90 Å². The molecule has 122 valence electrons. The fourth-order valence-electron chi connectivity index (χ4n) is 7.16. The Morgan fingerprint density at radius 3 is 2.32 bits per heavy atom. The monoisotopic (exact) mass is 302 g/mol. The van der Waals surface area contributed by atoms with Gasteiger partial charge in [-0.3, -0.25) is 9.69 Å². The van der Waals surface area contributed by atoms with Crippen molar-refractivity contribution in [1.82, 2.24) is 9.80 Å². The SMILES string of the molecule is O=C(CC12CC3CC(CC(C3)C1)C2)N1CCN2CCC[C@H]2C1. The van der Waals surface area contributed by atoms with Crippen LogP contribution in [-0.2, 0) is 4.79 Å². The summed E-state index contributed by atoms with van der Waals surface area (Å²) in [7, 11) is 0. The first-order chi connectivity index (χ1) is 10.7. The largest absolute Gasteiger partial charge is 0.340 e. The Labute approximate surface area is 134 Å². The Balaban J connectivity index is 1.27. The Kier molecular flexibility index (Phi) is 3.12. The predicted octanol–water partition coefficient (Wildman–Crippen LogP) is 2.90. The molecule has 0 aromatic carbocycles. The summed E-state index contributed by atoms with van der Waals surface area (Å²) in [6, 6.07) is 0.675. The highest BCUT2D eigenvalue weighted by molar-refractivity contribution is 5.77. The molecule has 3 nitrogen and oxygen atoms in total. The zero-order chi connectivity index (χ0) is 14.7. The van der Waals surface area contributed by atoms with Crippen LogP contribution in [0.5, 0.6) is 0 Å². The van der Waals surface area contributed by atoms with Gasteiger partial charge in [-0.1, -0.05) is 0 Å². The Morgan fingerprint density at radius 1 is 0.955 bits per heavy atom. The Morgan fingerprint density at radius 2 is 1.64 bits per heavy atom. The van der Waals surface area contributed by atoms with Crippen molar-refractivity contribution in [3.05, 3.63) is 0 Å². The molecule has 4 saturated carbocycles. The summed E-state index contributed by atoms with van der Waals surface area (Å²) in [5.74, 6) is 3.38. The van der Waals surface area contributed by atoms with Gasteiger partial charge in [0, 0.05) is 32.1 Å². The average molecular weight is 302 g/mol. The van der Waals surface area contributed by atoms with Crippen LogP contribution in [0, 0.1) is 23.2 Å². The maximum atomic E-state index is 13.0. The fraction of sp³-hybridized carbons (Fsp3) is 0.947. The summed E-state index contributed by atoms with van der Waals surface area (Å²) in [6.07, 6.45) is 12.1. The summed E-state index contributed by atoms with van der Waals surface area (Å²) in [5, 5.41) is 0. The Hall–Kier alpha value is -0.570. The second-order valence-electron chi connectivity index (χ2n) is 9.27. The number of fused-ring (bicyclic) bond motifs is 1. The third kappa shape index (κ3) is 2.23. The smallest absolute Gasteiger partial charge is 0.223 e. The lowest BCUT2D eigenvalue weighted by Crippen LogP contribution is -2.54. The van der Waals surface area contributed by atoms with Crippen molar-refractivity contribution < 1.29 is 4.79 Å². The van der Waals surface area contributed by atoms with Gasteiger partial charge >= 0.3 is 0 Å². The van der Waals surface area contributed by atoms with E-state index >= 15 is 0 Å². The lowest BCUT2D eigenvalue weighted by molar-refractivity contribution is -0.142. The van der Waals surface area contributed by atoms with Crippen LogP contribution in [-0.4, -0.2) is 47.9 Å². The molecule has 2 aliphatic heterocycles. The molecule has 6 aliphatic rings. The molecule has 0 radical (unpaired) electrons. The third-order valence-electron chi connectivity index (χ3n) is 7.63. The van der Waals surface area contributed by atoms with Crippen LogP contribution in [0.25, 0.3) is 0 Å². The van der Waals surface area contributed by atoms with E-state index in [0.717, 1.165) is 43.8 Å². The molecule has 2 heterocycles. The molecule has 3 heteroatoms. The summed E-state index contributed by atoms with van der Waals surface area (Å²) in [4.78, 5) is 17.8. The molecule has 4 bridgehead atoms. The van der Waals surface area contributed by atoms with Crippen LogP contribution < -0.4 is 0 Å². The van der Waals surface area contributed by atoms with E-state index in [2.05, 4.69) is 9.80 Å². The first-order valence-corrected chi connectivity index (χ1v) is 9.71. The molecule has 1 amide bonds. The van der Waals surface area contributed by atoms with Gasteiger partial charge in [-0.05, 0) is 81.1 Å². The number of rotatable bonds is 2. The highest BCUT2D eigenvalue weighted by atomic mass is 16.2. The average Bonchev–Trinajstić information content (AvgIpc) is 2.92. The molecule has 0 aromatic heterocycles. The van der Waals surface area contributed by atoms with Crippen LogP contribution in [0.1, 0.15) is 57.8 Å². The molecular weight excluding hydrogens is 272 g/mol. The predicted molar refractivity (Wildman–Crippen MR) is 86.4 cm³/mol. The van der Waals surface area contributed by atoms with E-state index in [1.54, 1.807) is 0 Å². The minimum absolute atomic E-state index is 0.415. The fourth-order valence-corrected chi connectivity index (χ4v) is 7.16. The van der Waals surface area contributed by atoms with Crippen LogP contribution in [0.15, 0.2) is 0 Å². The van der Waals surface area contributed by atoms with E-state index in [-0.39, 0.29) is 0 Å². The van der Waals surface area contributed by atoms with Crippen LogP contribution in [0.3, 0.4) is 0 Å². The summed E-state index contributed by atoms with van der Waals surface area (Å²) in [5.41, 5.74) is 0.415. The first-order valence-electron chi connectivity index (χ1n) is 9.71. The molecule has 0 spiro atoms. The molecule has 6 rings (SSSR count). The highest BCUT2D eigenvalue weighted by Crippen LogP contribution is 2.61. The number of carbonyl (C=O) groups excluding carboxylic acids is 1. The van der Waals surface area contributed by atoms with E-state index in [1.807, 2.05) is 0 Å². The maximum absolute atomic E-state index is 13.0. The number of hydrogen-bond acceptors (Lipinski definition) is 2. The number of hydrogen-bond donors (Lipinski definition) is 0.